The molecule has 1 aromatic rings. The number of phenols is 1. The predicted molar refractivity (Wildman–Crippen MR) is 89.0 cm³/mol. The summed E-state index contributed by atoms with van der Waals surface area (Å²) in [5.74, 6) is 0.439. The van der Waals surface area contributed by atoms with Crippen LogP contribution in [0.3, 0.4) is 0 Å². The second kappa shape index (κ2) is 10.4. The quantitative estimate of drug-likeness (QED) is 0.421. The Bertz CT molecular complexity index is 424. The van der Waals surface area contributed by atoms with E-state index in [-0.39, 0.29) is 11.5 Å². The van der Waals surface area contributed by atoms with Crippen LogP contribution in [0.5, 0.6) is 5.75 Å². The molecular formula is C19H30O2. The molecule has 0 saturated carbocycles. The molecule has 2 nitrogen and oxygen atoms in total. The lowest BCUT2D eigenvalue weighted by Crippen LogP contribution is -2.04. The molecule has 1 N–H and O–H groups in total. The maximum Gasteiger partial charge on any atom is 0.163 e. The van der Waals surface area contributed by atoms with E-state index in [4.69, 9.17) is 0 Å². The van der Waals surface area contributed by atoms with Gasteiger partial charge in [-0.1, -0.05) is 64.5 Å². The van der Waals surface area contributed by atoms with Crippen molar-refractivity contribution in [2.45, 2.75) is 78.1 Å². The Labute approximate surface area is 129 Å². The number of ketones is 1. The summed E-state index contributed by atoms with van der Waals surface area (Å²) in [6, 6.07) is 5.32. The molecule has 0 aliphatic rings. The lowest BCUT2D eigenvalue weighted by atomic mass is 9.95. The number of carbonyl (C=O) groups excluding carboxylic acids is 1. The summed E-state index contributed by atoms with van der Waals surface area (Å²) in [7, 11) is 0. The van der Waals surface area contributed by atoms with Gasteiger partial charge in [0, 0.05) is 17.5 Å². The molecule has 0 radical (unpaired) electrons. The highest BCUT2D eigenvalue weighted by molar-refractivity contribution is 5.98. The summed E-state index contributed by atoms with van der Waals surface area (Å²) < 4.78 is 0. The zero-order chi connectivity index (χ0) is 15.5. The minimum absolute atomic E-state index is 0.159. The molecule has 0 spiro atoms. The molecule has 21 heavy (non-hydrogen) atoms. The van der Waals surface area contributed by atoms with Crippen molar-refractivity contribution in [3.05, 3.63) is 29.3 Å². The molecule has 0 unspecified atom stereocenters. The monoisotopic (exact) mass is 290 g/mol. The molecule has 0 atom stereocenters. The average Bonchev–Trinajstić information content (AvgIpc) is 2.47. The lowest BCUT2D eigenvalue weighted by molar-refractivity contribution is 0.0980. The van der Waals surface area contributed by atoms with Crippen LogP contribution in [0, 0.1) is 0 Å². The van der Waals surface area contributed by atoms with Crippen molar-refractivity contribution < 1.29 is 9.90 Å². The summed E-state index contributed by atoms with van der Waals surface area (Å²) in [4.78, 5) is 12.1. The number of rotatable bonds is 11. The van der Waals surface area contributed by atoms with Crippen LogP contribution in [0.1, 0.15) is 87.6 Å². The third-order valence-electron chi connectivity index (χ3n) is 3.96. The van der Waals surface area contributed by atoms with Crippen molar-refractivity contribution >= 4 is 5.78 Å². The van der Waals surface area contributed by atoms with Crippen molar-refractivity contribution in [3.8, 4) is 5.75 Å². The van der Waals surface area contributed by atoms with Gasteiger partial charge in [-0.3, -0.25) is 4.79 Å². The highest BCUT2D eigenvalue weighted by atomic mass is 16.3. The summed E-state index contributed by atoms with van der Waals surface area (Å²) in [5.41, 5.74) is 1.58. The molecule has 1 aromatic carbocycles. The van der Waals surface area contributed by atoms with Gasteiger partial charge >= 0.3 is 0 Å². The zero-order valence-electron chi connectivity index (χ0n) is 13.7. The van der Waals surface area contributed by atoms with Gasteiger partial charge in [-0.25, -0.2) is 0 Å². The van der Waals surface area contributed by atoms with E-state index in [1.54, 1.807) is 12.1 Å². The van der Waals surface area contributed by atoms with Crippen molar-refractivity contribution in [1.82, 2.24) is 0 Å². The van der Waals surface area contributed by atoms with Crippen LogP contribution < -0.4 is 0 Å². The fraction of sp³-hybridized carbons (Fsp3) is 0.632. The molecular weight excluding hydrogens is 260 g/mol. The predicted octanol–water partition coefficient (Wildman–Crippen LogP) is 5.67. The van der Waals surface area contributed by atoms with Crippen molar-refractivity contribution in [2.24, 2.45) is 0 Å². The topological polar surface area (TPSA) is 37.3 Å². The van der Waals surface area contributed by atoms with Gasteiger partial charge in [0.1, 0.15) is 5.75 Å². The van der Waals surface area contributed by atoms with Gasteiger partial charge in [0.15, 0.2) is 5.78 Å². The van der Waals surface area contributed by atoms with E-state index in [0.29, 0.717) is 6.42 Å². The van der Waals surface area contributed by atoms with Crippen LogP contribution in [0.2, 0.25) is 0 Å². The number of benzene rings is 1. The molecule has 2 heteroatoms. The molecule has 0 amide bonds. The molecule has 1 rings (SSSR count). The minimum atomic E-state index is 0.159. The fourth-order valence-electron chi connectivity index (χ4n) is 2.72. The Balaban J connectivity index is 2.48. The van der Waals surface area contributed by atoms with Gasteiger partial charge in [0.25, 0.3) is 0 Å². The zero-order valence-corrected chi connectivity index (χ0v) is 13.7. The number of hydrogen-bond acceptors (Lipinski definition) is 2. The van der Waals surface area contributed by atoms with Crippen molar-refractivity contribution in [1.29, 1.82) is 0 Å². The smallest absolute Gasteiger partial charge is 0.163 e. The van der Waals surface area contributed by atoms with E-state index < -0.39 is 0 Å². The van der Waals surface area contributed by atoms with Crippen molar-refractivity contribution in [3.63, 3.8) is 0 Å². The minimum Gasteiger partial charge on any atom is -0.508 e. The summed E-state index contributed by atoms with van der Waals surface area (Å²) >= 11 is 0. The molecule has 0 aliphatic heterocycles. The molecule has 0 fully saturated rings. The Morgan fingerprint density at radius 2 is 1.62 bits per heavy atom. The number of hydrogen-bond donors (Lipinski definition) is 1. The SMILES string of the molecule is CCCCCCCCCc1c(O)cccc1C(=O)CCC. The first-order valence-corrected chi connectivity index (χ1v) is 8.54. The van der Waals surface area contributed by atoms with Gasteiger partial charge in [-0.05, 0) is 25.3 Å². The van der Waals surface area contributed by atoms with Gasteiger partial charge in [0.05, 0.1) is 0 Å². The van der Waals surface area contributed by atoms with Crippen LogP contribution >= 0.6 is 0 Å². The first kappa shape index (κ1) is 17.7. The Morgan fingerprint density at radius 3 is 2.29 bits per heavy atom. The Hall–Kier alpha value is -1.31. The third-order valence-corrected chi connectivity index (χ3v) is 3.96. The van der Waals surface area contributed by atoms with E-state index in [1.165, 1.54) is 38.5 Å². The lowest BCUT2D eigenvalue weighted by Gasteiger charge is -2.10. The number of aromatic hydroxyl groups is 1. The molecule has 118 valence electrons. The summed E-state index contributed by atoms with van der Waals surface area (Å²) in [6.45, 7) is 4.24. The summed E-state index contributed by atoms with van der Waals surface area (Å²) in [5, 5.41) is 10.0. The van der Waals surface area contributed by atoms with Gasteiger partial charge in [-0.15, -0.1) is 0 Å². The molecule has 0 saturated heterocycles. The molecule has 0 bridgehead atoms. The second-order valence-corrected chi connectivity index (χ2v) is 5.85. The molecule has 0 aromatic heterocycles. The normalized spacial score (nSPS) is 10.8. The van der Waals surface area contributed by atoms with E-state index in [9.17, 15) is 9.90 Å². The van der Waals surface area contributed by atoms with Crippen LogP contribution in [0.4, 0.5) is 0 Å². The maximum absolute atomic E-state index is 12.1. The van der Waals surface area contributed by atoms with Gasteiger partial charge in [0.2, 0.25) is 0 Å². The second-order valence-electron chi connectivity index (χ2n) is 5.85. The van der Waals surface area contributed by atoms with Gasteiger partial charge < -0.3 is 5.11 Å². The highest BCUT2D eigenvalue weighted by Gasteiger charge is 2.13. The Kier molecular flexibility index (Phi) is 8.80. The third kappa shape index (κ3) is 6.33. The van der Waals surface area contributed by atoms with Gasteiger partial charge in [-0.2, -0.15) is 0 Å². The first-order chi connectivity index (χ1) is 10.2. The number of Topliss-reactive ketones (excluding diaryl/α,β-unsaturated/α-hetero) is 1. The maximum atomic E-state index is 12.1. The number of carbonyl (C=O) groups is 1. The van der Waals surface area contributed by atoms with E-state index in [0.717, 1.165) is 30.4 Å². The van der Waals surface area contributed by atoms with E-state index in [1.807, 2.05) is 13.0 Å². The molecule has 0 heterocycles. The average molecular weight is 290 g/mol. The number of unbranched alkanes of at least 4 members (excludes halogenated alkanes) is 6. The van der Waals surface area contributed by atoms with E-state index >= 15 is 0 Å². The van der Waals surface area contributed by atoms with Crippen LogP contribution in [-0.2, 0) is 6.42 Å². The van der Waals surface area contributed by atoms with Crippen molar-refractivity contribution in [2.75, 3.05) is 0 Å². The Morgan fingerprint density at radius 1 is 0.952 bits per heavy atom. The highest BCUT2D eigenvalue weighted by Crippen LogP contribution is 2.25. The van der Waals surface area contributed by atoms with E-state index in [2.05, 4.69) is 6.92 Å². The van der Waals surface area contributed by atoms with Crippen LogP contribution in [0.25, 0.3) is 0 Å². The molecule has 0 aliphatic carbocycles. The fourth-order valence-corrected chi connectivity index (χ4v) is 2.72. The largest absolute Gasteiger partial charge is 0.508 e. The standard InChI is InChI=1S/C19H30O2/c1-3-5-6-7-8-9-10-13-16-17(18(20)12-4-2)14-11-15-19(16)21/h11,14-15,21H,3-10,12-13H2,1-2H3. The van der Waals surface area contributed by atoms with Crippen LogP contribution in [-0.4, -0.2) is 10.9 Å². The first-order valence-electron chi connectivity index (χ1n) is 8.54. The summed E-state index contributed by atoms with van der Waals surface area (Å²) in [6.07, 6.45) is 10.9. The van der Waals surface area contributed by atoms with Crippen LogP contribution in [0.15, 0.2) is 18.2 Å². The number of phenolic OH excluding ortho intramolecular Hbond substituents is 1.